The molecule has 0 spiro atoms. The van der Waals surface area contributed by atoms with Gasteiger partial charge in [0.15, 0.2) is 11.6 Å². The molecule has 0 saturated heterocycles. The molecule has 0 fully saturated rings. The normalized spacial score (nSPS) is 11.0. The molecule has 0 amide bonds. The van der Waals surface area contributed by atoms with Crippen molar-refractivity contribution >= 4 is 17.2 Å². The number of nitrogens with zero attached hydrogens (tertiary/aromatic N) is 4. The number of fused-ring (bicyclic) bond motifs is 1. The predicted octanol–water partition coefficient (Wildman–Crippen LogP) is 1.47. The van der Waals surface area contributed by atoms with Crippen molar-refractivity contribution in [2.75, 3.05) is 5.73 Å². The lowest BCUT2D eigenvalue weighted by atomic mass is 10.3. The summed E-state index contributed by atoms with van der Waals surface area (Å²) in [5.74, 6) is 1.20. The number of aromatic nitrogens is 4. The Balaban J connectivity index is 2.05. The number of hydrogen-bond donors (Lipinski definition) is 1. The first-order chi connectivity index (χ1) is 7.84. The Bertz CT molecular complexity index is 571. The van der Waals surface area contributed by atoms with Crippen molar-refractivity contribution in [3.63, 3.8) is 0 Å². The van der Waals surface area contributed by atoms with Crippen molar-refractivity contribution < 1.29 is 0 Å². The Hall–Kier alpha value is -1.95. The first-order valence-corrected chi connectivity index (χ1v) is 5.71. The SMILES string of the molecule is Nc1ncn(Cc2ccsc2)c2ncnc1-2. The van der Waals surface area contributed by atoms with E-state index < -0.39 is 0 Å². The van der Waals surface area contributed by atoms with Crippen molar-refractivity contribution in [1.82, 2.24) is 19.5 Å². The van der Waals surface area contributed by atoms with Gasteiger partial charge in [-0.05, 0) is 22.4 Å². The monoisotopic (exact) mass is 231 g/mol. The van der Waals surface area contributed by atoms with Crippen LogP contribution in [0, 0.1) is 0 Å². The van der Waals surface area contributed by atoms with Crippen LogP contribution in [-0.4, -0.2) is 19.5 Å². The van der Waals surface area contributed by atoms with Gasteiger partial charge in [-0.2, -0.15) is 11.3 Å². The minimum atomic E-state index is 0.425. The van der Waals surface area contributed by atoms with Gasteiger partial charge in [-0.3, -0.25) is 0 Å². The second-order valence-electron chi connectivity index (χ2n) is 3.44. The molecule has 2 aliphatic heterocycles. The van der Waals surface area contributed by atoms with Crippen molar-refractivity contribution in [2.45, 2.75) is 6.54 Å². The van der Waals surface area contributed by atoms with Gasteiger partial charge >= 0.3 is 0 Å². The molecule has 0 saturated carbocycles. The zero-order valence-electron chi connectivity index (χ0n) is 8.37. The molecular weight excluding hydrogens is 222 g/mol. The molecule has 3 heterocycles. The summed E-state index contributed by atoms with van der Waals surface area (Å²) in [5, 5.41) is 4.15. The van der Waals surface area contributed by atoms with Gasteiger partial charge < -0.3 is 10.3 Å². The highest BCUT2D eigenvalue weighted by molar-refractivity contribution is 7.07. The van der Waals surface area contributed by atoms with Crippen LogP contribution in [0.5, 0.6) is 0 Å². The molecule has 2 N–H and O–H groups in total. The third-order valence-corrected chi connectivity index (χ3v) is 3.09. The predicted molar refractivity (Wildman–Crippen MR) is 62.3 cm³/mol. The van der Waals surface area contributed by atoms with E-state index in [9.17, 15) is 0 Å². The van der Waals surface area contributed by atoms with E-state index in [-0.39, 0.29) is 0 Å². The molecule has 0 bridgehead atoms. The fourth-order valence-electron chi connectivity index (χ4n) is 1.59. The summed E-state index contributed by atoms with van der Waals surface area (Å²) in [4.78, 5) is 12.4. The summed E-state index contributed by atoms with van der Waals surface area (Å²) < 4.78 is 1.95. The van der Waals surface area contributed by atoms with Gasteiger partial charge in [-0.1, -0.05) is 0 Å². The Morgan fingerprint density at radius 2 is 2.25 bits per heavy atom. The average Bonchev–Trinajstić information content (AvgIpc) is 2.92. The number of hydrogen-bond acceptors (Lipinski definition) is 5. The lowest BCUT2D eigenvalue weighted by molar-refractivity contribution is 0.765. The van der Waals surface area contributed by atoms with Crippen LogP contribution in [0.4, 0.5) is 5.82 Å². The van der Waals surface area contributed by atoms with Gasteiger partial charge in [0.05, 0.1) is 12.9 Å². The molecule has 2 aliphatic rings. The quantitative estimate of drug-likeness (QED) is 0.725. The second kappa shape index (κ2) is 3.57. The van der Waals surface area contributed by atoms with Crippen LogP contribution in [0.1, 0.15) is 5.56 Å². The Morgan fingerprint density at radius 3 is 3.06 bits per heavy atom. The molecule has 0 aromatic carbocycles. The van der Waals surface area contributed by atoms with Crippen LogP contribution >= 0.6 is 11.3 Å². The summed E-state index contributed by atoms with van der Waals surface area (Å²) >= 11 is 1.67. The van der Waals surface area contributed by atoms with Crippen LogP contribution in [0.2, 0.25) is 0 Å². The largest absolute Gasteiger partial charge is 0.382 e. The topological polar surface area (TPSA) is 69.6 Å². The van der Waals surface area contributed by atoms with E-state index in [1.807, 2.05) is 4.57 Å². The maximum atomic E-state index is 5.72. The summed E-state index contributed by atoms with van der Waals surface area (Å²) in [7, 11) is 0. The Kier molecular flexibility index (Phi) is 2.07. The number of thiophene rings is 1. The van der Waals surface area contributed by atoms with Crippen molar-refractivity contribution in [2.24, 2.45) is 0 Å². The highest BCUT2D eigenvalue weighted by Crippen LogP contribution is 2.22. The fraction of sp³-hybridized carbons (Fsp3) is 0.100. The van der Waals surface area contributed by atoms with Gasteiger partial charge in [-0.25, -0.2) is 15.0 Å². The molecule has 3 rings (SSSR count). The minimum absolute atomic E-state index is 0.425. The zero-order valence-corrected chi connectivity index (χ0v) is 9.18. The van der Waals surface area contributed by atoms with Crippen molar-refractivity contribution in [1.29, 1.82) is 0 Å². The summed E-state index contributed by atoms with van der Waals surface area (Å²) in [6.45, 7) is 0.742. The Morgan fingerprint density at radius 1 is 1.31 bits per heavy atom. The number of imidazole rings is 1. The standard InChI is InChI=1S/C10H9N5S/c11-9-8-10(13-5-12-8)15(6-14-9)3-7-1-2-16-4-7/h1-2,4-6H,3,11H2. The third-order valence-electron chi connectivity index (χ3n) is 2.36. The third kappa shape index (κ3) is 1.43. The van der Waals surface area contributed by atoms with Crippen LogP contribution in [0.3, 0.4) is 0 Å². The van der Waals surface area contributed by atoms with E-state index in [0.29, 0.717) is 11.5 Å². The summed E-state index contributed by atoms with van der Waals surface area (Å²) in [6, 6.07) is 2.08. The second-order valence-corrected chi connectivity index (χ2v) is 4.22. The van der Waals surface area contributed by atoms with Gasteiger partial charge in [-0.15, -0.1) is 0 Å². The summed E-state index contributed by atoms with van der Waals surface area (Å²) in [5.41, 5.74) is 7.61. The molecule has 16 heavy (non-hydrogen) atoms. The molecule has 0 atom stereocenters. The van der Waals surface area contributed by atoms with Crippen LogP contribution < -0.4 is 5.73 Å². The Labute approximate surface area is 95.9 Å². The van der Waals surface area contributed by atoms with Gasteiger partial charge in [0.2, 0.25) is 0 Å². The van der Waals surface area contributed by atoms with E-state index >= 15 is 0 Å². The highest BCUT2D eigenvalue weighted by atomic mass is 32.1. The molecule has 1 aromatic heterocycles. The molecule has 6 heteroatoms. The first kappa shape index (κ1) is 9.29. The van der Waals surface area contributed by atoms with Gasteiger partial charge in [0.1, 0.15) is 12.0 Å². The maximum Gasteiger partial charge on any atom is 0.165 e. The molecule has 0 radical (unpaired) electrons. The van der Waals surface area contributed by atoms with Gasteiger partial charge in [0.25, 0.3) is 0 Å². The molecule has 1 aromatic rings. The molecule has 5 nitrogen and oxygen atoms in total. The van der Waals surface area contributed by atoms with Crippen LogP contribution in [-0.2, 0) is 6.54 Å². The van der Waals surface area contributed by atoms with E-state index in [1.54, 1.807) is 17.7 Å². The van der Waals surface area contributed by atoms with Crippen molar-refractivity contribution in [3.8, 4) is 11.5 Å². The van der Waals surface area contributed by atoms with E-state index in [1.165, 1.54) is 11.9 Å². The maximum absolute atomic E-state index is 5.72. The molecule has 0 unspecified atom stereocenters. The lowest BCUT2D eigenvalue weighted by Gasteiger charge is -2.09. The van der Waals surface area contributed by atoms with Crippen LogP contribution in [0.15, 0.2) is 29.5 Å². The number of nitrogen functional groups attached to an aromatic ring is 1. The highest BCUT2D eigenvalue weighted by Gasteiger charge is 2.14. The zero-order chi connectivity index (χ0) is 11.0. The van der Waals surface area contributed by atoms with E-state index in [0.717, 1.165) is 12.4 Å². The van der Waals surface area contributed by atoms with E-state index in [4.69, 9.17) is 5.73 Å². The number of rotatable bonds is 2. The molecular formula is C10H9N5S. The van der Waals surface area contributed by atoms with Gasteiger partial charge in [0, 0.05) is 0 Å². The lowest BCUT2D eigenvalue weighted by Crippen LogP contribution is -2.08. The smallest absolute Gasteiger partial charge is 0.165 e. The fourth-order valence-corrected chi connectivity index (χ4v) is 2.25. The van der Waals surface area contributed by atoms with Crippen LogP contribution in [0.25, 0.3) is 11.5 Å². The average molecular weight is 231 g/mol. The number of nitrogens with two attached hydrogens (primary N) is 1. The molecule has 0 aliphatic carbocycles. The van der Waals surface area contributed by atoms with E-state index in [2.05, 4.69) is 31.8 Å². The first-order valence-electron chi connectivity index (χ1n) is 4.77. The number of anilines is 1. The molecule has 80 valence electrons. The summed E-state index contributed by atoms with van der Waals surface area (Å²) in [6.07, 6.45) is 3.21. The minimum Gasteiger partial charge on any atom is -0.382 e. The van der Waals surface area contributed by atoms with Crippen molar-refractivity contribution in [3.05, 3.63) is 35.0 Å².